The quantitative estimate of drug-likeness (QED) is 0.226. The van der Waals surface area contributed by atoms with Crippen molar-refractivity contribution in [1.29, 1.82) is 0 Å². The van der Waals surface area contributed by atoms with Gasteiger partial charge in [0.15, 0.2) is 11.5 Å². The van der Waals surface area contributed by atoms with Crippen LogP contribution in [0, 0.1) is 5.92 Å². The fourth-order valence-electron chi connectivity index (χ4n) is 4.33. The summed E-state index contributed by atoms with van der Waals surface area (Å²) in [6.07, 6.45) is 3.28. The molecule has 8 nitrogen and oxygen atoms in total. The number of hydrogen-bond donors (Lipinski definition) is 1. The maximum absolute atomic E-state index is 13.4. The van der Waals surface area contributed by atoms with Crippen molar-refractivity contribution >= 4 is 17.4 Å². The van der Waals surface area contributed by atoms with Crippen LogP contribution in [0.25, 0.3) is 5.76 Å². The van der Waals surface area contributed by atoms with Gasteiger partial charge in [-0.15, -0.1) is 0 Å². The number of amides is 1. The minimum absolute atomic E-state index is 0.000882. The highest BCUT2D eigenvalue weighted by molar-refractivity contribution is 6.46. The van der Waals surface area contributed by atoms with Crippen LogP contribution in [0.4, 0.5) is 0 Å². The van der Waals surface area contributed by atoms with Gasteiger partial charge in [0.2, 0.25) is 0 Å². The van der Waals surface area contributed by atoms with Gasteiger partial charge in [0.05, 0.1) is 31.9 Å². The lowest BCUT2D eigenvalue weighted by Crippen LogP contribution is -2.29. The lowest BCUT2D eigenvalue weighted by molar-refractivity contribution is -0.140. The number of carbonyl (C=O) groups is 2. The molecule has 2 heterocycles. The molecule has 1 saturated heterocycles. The number of carbonyl (C=O) groups excluding carboxylic acids is 2. The number of hydrogen-bond acceptors (Lipinski definition) is 7. The smallest absolute Gasteiger partial charge is 0.295 e. The first-order chi connectivity index (χ1) is 18.3. The van der Waals surface area contributed by atoms with Gasteiger partial charge in [-0.3, -0.25) is 14.6 Å². The van der Waals surface area contributed by atoms with Gasteiger partial charge in [0.1, 0.15) is 11.5 Å². The van der Waals surface area contributed by atoms with Gasteiger partial charge in [-0.2, -0.15) is 0 Å². The largest absolute Gasteiger partial charge is 0.507 e. The summed E-state index contributed by atoms with van der Waals surface area (Å²) in [5, 5.41) is 11.4. The van der Waals surface area contributed by atoms with E-state index in [1.165, 1.54) is 12.0 Å². The second-order valence-corrected chi connectivity index (χ2v) is 9.36. The molecule has 1 amide bonds. The molecule has 0 bridgehead atoms. The standard InChI is InChI=1S/C30H32N2O6/c1-5-37-24-13-10-22(15-25(24)36-4)27-26(28(33)21-8-11-23(12-9-21)38-18-19(2)3)29(34)30(35)32(27)17-20-7-6-14-31-16-20/h6-16,19,27,33H,5,17-18H2,1-4H3/b28-26+. The Morgan fingerprint density at radius 2 is 1.82 bits per heavy atom. The van der Waals surface area contributed by atoms with Crippen LogP contribution in [-0.4, -0.2) is 47.0 Å². The average Bonchev–Trinajstić information content (AvgIpc) is 3.17. The molecule has 4 rings (SSSR count). The van der Waals surface area contributed by atoms with Crippen molar-refractivity contribution in [3.05, 3.63) is 89.3 Å². The Kier molecular flexibility index (Phi) is 8.31. The van der Waals surface area contributed by atoms with Crippen molar-refractivity contribution in [3.8, 4) is 17.2 Å². The fourth-order valence-corrected chi connectivity index (χ4v) is 4.33. The highest BCUT2D eigenvalue weighted by Gasteiger charge is 2.46. The summed E-state index contributed by atoms with van der Waals surface area (Å²) in [5.74, 6) is 0.299. The van der Waals surface area contributed by atoms with E-state index in [-0.39, 0.29) is 17.9 Å². The van der Waals surface area contributed by atoms with Gasteiger partial charge in [-0.25, -0.2) is 0 Å². The molecule has 1 aliphatic heterocycles. The first-order valence-electron chi connectivity index (χ1n) is 12.5. The Bertz CT molecular complexity index is 1320. The lowest BCUT2D eigenvalue weighted by Gasteiger charge is -2.26. The molecule has 1 fully saturated rings. The molecule has 0 spiro atoms. The van der Waals surface area contributed by atoms with Crippen LogP contribution in [0.2, 0.25) is 0 Å². The number of likely N-dealkylation sites (tertiary alicyclic amines) is 1. The fraction of sp³-hybridized carbons (Fsp3) is 0.300. The summed E-state index contributed by atoms with van der Waals surface area (Å²) in [6, 6.07) is 14.8. The molecule has 1 N–H and O–H groups in total. The monoisotopic (exact) mass is 516 g/mol. The zero-order valence-corrected chi connectivity index (χ0v) is 22.0. The van der Waals surface area contributed by atoms with Gasteiger partial charge in [-0.1, -0.05) is 26.0 Å². The highest BCUT2D eigenvalue weighted by atomic mass is 16.5. The third kappa shape index (κ3) is 5.64. The number of aromatic nitrogens is 1. The van der Waals surface area contributed by atoms with Gasteiger partial charge in [0, 0.05) is 24.5 Å². The van der Waals surface area contributed by atoms with Crippen LogP contribution >= 0.6 is 0 Å². The Morgan fingerprint density at radius 3 is 2.45 bits per heavy atom. The van der Waals surface area contributed by atoms with E-state index in [4.69, 9.17) is 14.2 Å². The van der Waals surface area contributed by atoms with Crippen LogP contribution in [0.5, 0.6) is 17.2 Å². The number of benzene rings is 2. The highest BCUT2D eigenvalue weighted by Crippen LogP contribution is 2.42. The molecule has 0 aliphatic carbocycles. The van der Waals surface area contributed by atoms with E-state index < -0.39 is 17.7 Å². The van der Waals surface area contributed by atoms with E-state index in [1.54, 1.807) is 60.9 Å². The van der Waals surface area contributed by atoms with Crippen molar-refractivity contribution in [2.24, 2.45) is 5.92 Å². The third-order valence-corrected chi connectivity index (χ3v) is 6.13. The molecule has 0 radical (unpaired) electrons. The number of aliphatic hydroxyl groups excluding tert-OH is 1. The molecule has 38 heavy (non-hydrogen) atoms. The number of aliphatic hydroxyl groups is 1. The Labute approximate surface area is 222 Å². The Balaban J connectivity index is 1.80. The SMILES string of the molecule is CCOc1ccc(C2/C(=C(\O)c3ccc(OCC(C)C)cc3)C(=O)C(=O)N2Cc2cccnc2)cc1OC. The van der Waals surface area contributed by atoms with Gasteiger partial charge < -0.3 is 24.2 Å². The van der Waals surface area contributed by atoms with Crippen molar-refractivity contribution in [3.63, 3.8) is 0 Å². The van der Waals surface area contributed by atoms with E-state index in [0.717, 1.165) is 5.56 Å². The third-order valence-electron chi connectivity index (χ3n) is 6.13. The van der Waals surface area contributed by atoms with Crippen molar-refractivity contribution in [2.75, 3.05) is 20.3 Å². The van der Waals surface area contributed by atoms with E-state index in [9.17, 15) is 14.7 Å². The molecular formula is C30H32N2O6. The normalized spacial score (nSPS) is 16.7. The number of methoxy groups -OCH3 is 1. The molecule has 2 aromatic carbocycles. The van der Waals surface area contributed by atoms with Gasteiger partial charge in [-0.05, 0) is 66.4 Å². The summed E-state index contributed by atoms with van der Waals surface area (Å²) >= 11 is 0. The van der Waals surface area contributed by atoms with Crippen LogP contribution in [0.15, 0.2) is 72.6 Å². The molecule has 1 atom stereocenters. The number of nitrogens with zero attached hydrogens (tertiary/aromatic N) is 2. The first-order valence-corrected chi connectivity index (χ1v) is 12.5. The van der Waals surface area contributed by atoms with Crippen molar-refractivity contribution in [2.45, 2.75) is 33.4 Å². The molecule has 1 unspecified atom stereocenters. The van der Waals surface area contributed by atoms with E-state index in [0.29, 0.717) is 47.5 Å². The summed E-state index contributed by atoms with van der Waals surface area (Å²) in [6.45, 7) is 7.13. The summed E-state index contributed by atoms with van der Waals surface area (Å²) in [7, 11) is 1.52. The van der Waals surface area contributed by atoms with E-state index >= 15 is 0 Å². The lowest BCUT2D eigenvalue weighted by atomic mass is 9.94. The molecule has 8 heteroatoms. The molecular weight excluding hydrogens is 484 g/mol. The maximum Gasteiger partial charge on any atom is 0.295 e. The average molecular weight is 517 g/mol. The molecule has 0 saturated carbocycles. The van der Waals surface area contributed by atoms with E-state index in [1.807, 2.05) is 13.0 Å². The topological polar surface area (TPSA) is 98.2 Å². The Morgan fingerprint density at radius 1 is 1.05 bits per heavy atom. The zero-order chi connectivity index (χ0) is 27.2. The number of pyridine rings is 1. The predicted molar refractivity (Wildman–Crippen MR) is 143 cm³/mol. The number of rotatable bonds is 10. The summed E-state index contributed by atoms with van der Waals surface area (Å²) in [5.41, 5.74) is 1.76. The molecule has 1 aromatic heterocycles. The second-order valence-electron chi connectivity index (χ2n) is 9.36. The number of ketones is 1. The summed E-state index contributed by atoms with van der Waals surface area (Å²) in [4.78, 5) is 32.2. The first kappa shape index (κ1) is 26.7. The molecule has 1 aliphatic rings. The number of ether oxygens (including phenoxy) is 3. The zero-order valence-electron chi connectivity index (χ0n) is 22.0. The van der Waals surface area contributed by atoms with Crippen LogP contribution in [-0.2, 0) is 16.1 Å². The Hall–Kier alpha value is -4.33. The second kappa shape index (κ2) is 11.8. The van der Waals surface area contributed by atoms with E-state index in [2.05, 4.69) is 18.8 Å². The predicted octanol–water partition coefficient (Wildman–Crippen LogP) is 5.15. The van der Waals surface area contributed by atoms with Gasteiger partial charge >= 0.3 is 0 Å². The van der Waals surface area contributed by atoms with Crippen molar-refractivity contribution in [1.82, 2.24) is 9.88 Å². The van der Waals surface area contributed by atoms with Crippen LogP contribution < -0.4 is 14.2 Å². The molecule has 3 aromatic rings. The minimum Gasteiger partial charge on any atom is -0.507 e. The maximum atomic E-state index is 13.4. The van der Waals surface area contributed by atoms with Crippen molar-refractivity contribution < 1.29 is 28.9 Å². The summed E-state index contributed by atoms with van der Waals surface area (Å²) < 4.78 is 16.9. The number of Topliss-reactive ketones (excluding diaryl/α,β-unsaturated/α-hetero) is 1. The van der Waals surface area contributed by atoms with Crippen LogP contribution in [0.3, 0.4) is 0 Å². The molecule has 198 valence electrons. The minimum atomic E-state index is -0.850. The van der Waals surface area contributed by atoms with Crippen LogP contribution in [0.1, 0.15) is 43.5 Å². The van der Waals surface area contributed by atoms with Gasteiger partial charge in [0.25, 0.3) is 11.7 Å².